The molecule has 0 aliphatic carbocycles. The van der Waals surface area contributed by atoms with E-state index in [4.69, 9.17) is 4.99 Å². The monoisotopic (exact) mass is 339 g/mol. The number of rotatable bonds is 4. The molecule has 0 unspecified atom stereocenters. The molecule has 0 amide bonds. The predicted octanol–water partition coefficient (Wildman–Crippen LogP) is 4.69. The molecule has 0 saturated carbocycles. The first-order valence-electron chi connectivity index (χ1n) is 7.63. The highest BCUT2D eigenvalue weighted by molar-refractivity contribution is 7.07. The highest BCUT2D eigenvalue weighted by atomic mass is 32.1. The zero-order valence-electron chi connectivity index (χ0n) is 13.5. The average molecular weight is 339 g/mol. The van der Waals surface area contributed by atoms with Crippen LogP contribution in [0.1, 0.15) is 12.5 Å². The summed E-state index contributed by atoms with van der Waals surface area (Å²) >= 11 is 1.54. The first-order valence-corrected chi connectivity index (χ1v) is 8.51. The summed E-state index contributed by atoms with van der Waals surface area (Å²) in [4.78, 5) is 16.2. The highest BCUT2D eigenvalue weighted by Crippen LogP contribution is 2.24. The van der Waals surface area contributed by atoms with E-state index in [2.05, 4.69) is 4.57 Å². The lowest BCUT2D eigenvalue weighted by atomic mass is 10.1. The number of benzene rings is 2. The van der Waals surface area contributed by atoms with Crippen molar-refractivity contribution in [3.63, 3.8) is 0 Å². The SMILES string of the molecule is CCn1c(-c2cccc([N+](=O)[O-])c2)csc1=Nc1ccc(C)cc1. The molecule has 3 rings (SSSR count). The smallest absolute Gasteiger partial charge is 0.270 e. The normalized spacial score (nSPS) is 11.7. The molecule has 0 bridgehead atoms. The van der Waals surface area contributed by atoms with Gasteiger partial charge < -0.3 is 4.57 Å². The minimum absolute atomic E-state index is 0.0957. The molecule has 0 aliphatic heterocycles. The molecule has 1 aromatic heterocycles. The average Bonchev–Trinajstić information content (AvgIpc) is 2.99. The molecule has 0 radical (unpaired) electrons. The van der Waals surface area contributed by atoms with Crippen LogP contribution < -0.4 is 4.80 Å². The van der Waals surface area contributed by atoms with E-state index in [0.717, 1.165) is 28.3 Å². The number of nitrogens with zero attached hydrogens (tertiary/aromatic N) is 3. The molecule has 5 nitrogen and oxygen atoms in total. The van der Waals surface area contributed by atoms with Crippen LogP contribution in [0.25, 0.3) is 11.3 Å². The Hall–Kier alpha value is -2.73. The number of non-ortho nitro benzene ring substituents is 1. The third kappa shape index (κ3) is 3.28. The van der Waals surface area contributed by atoms with Crippen LogP contribution in [0.5, 0.6) is 0 Å². The topological polar surface area (TPSA) is 60.4 Å². The molecule has 0 fully saturated rings. The summed E-state index contributed by atoms with van der Waals surface area (Å²) < 4.78 is 2.07. The zero-order chi connectivity index (χ0) is 17.1. The van der Waals surface area contributed by atoms with E-state index in [1.807, 2.05) is 49.6 Å². The van der Waals surface area contributed by atoms with Crippen molar-refractivity contribution >= 4 is 22.7 Å². The van der Waals surface area contributed by atoms with E-state index < -0.39 is 0 Å². The van der Waals surface area contributed by atoms with Crippen molar-refractivity contribution in [1.82, 2.24) is 4.57 Å². The summed E-state index contributed by atoms with van der Waals surface area (Å²) in [5.41, 5.74) is 3.96. The Morgan fingerprint density at radius 2 is 1.96 bits per heavy atom. The number of aromatic nitrogens is 1. The molecule has 0 N–H and O–H groups in total. The van der Waals surface area contributed by atoms with Gasteiger partial charge in [-0.2, -0.15) is 0 Å². The van der Waals surface area contributed by atoms with Crippen molar-refractivity contribution in [2.24, 2.45) is 4.99 Å². The van der Waals surface area contributed by atoms with Crippen molar-refractivity contribution < 1.29 is 4.92 Å². The van der Waals surface area contributed by atoms with Gasteiger partial charge in [-0.15, -0.1) is 11.3 Å². The molecule has 3 aromatic rings. The van der Waals surface area contributed by atoms with Gasteiger partial charge in [0.05, 0.1) is 16.3 Å². The maximum atomic E-state index is 11.0. The molecule has 0 saturated heterocycles. The van der Waals surface area contributed by atoms with Crippen molar-refractivity contribution in [3.05, 3.63) is 74.4 Å². The maximum absolute atomic E-state index is 11.0. The molecule has 2 aromatic carbocycles. The van der Waals surface area contributed by atoms with Crippen molar-refractivity contribution in [3.8, 4) is 11.3 Å². The molecule has 0 spiro atoms. The van der Waals surface area contributed by atoms with Crippen LogP contribution in [0.3, 0.4) is 0 Å². The minimum Gasteiger partial charge on any atom is -0.317 e. The van der Waals surface area contributed by atoms with Gasteiger partial charge in [0.2, 0.25) is 0 Å². The van der Waals surface area contributed by atoms with E-state index in [9.17, 15) is 10.1 Å². The lowest BCUT2D eigenvalue weighted by Gasteiger charge is -2.06. The summed E-state index contributed by atoms with van der Waals surface area (Å²) in [5, 5.41) is 13.0. The van der Waals surface area contributed by atoms with Crippen molar-refractivity contribution in [2.75, 3.05) is 0 Å². The summed E-state index contributed by atoms with van der Waals surface area (Å²) in [6.07, 6.45) is 0. The van der Waals surface area contributed by atoms with Gasteiger partial charge >= 0.3 is 0 Å². The molecule has 6 heteroatoms. The molecule has 0 aliphatic rings. The second-order valence-electron chi connectivity index (χ2n) is 5.40. The molecular formula is C18H17N3O2S. The summed E-state index contributed by atoms with van der Waals surface area (Å²) in [6.45, 7) is 4.83. The van der Waals surface area contributed by atoms with E-state index >= 15 is 0 Å². The molecule has 0 atom stereocenters. The Morgan fingerprint density at radius 1 is 1.21 bits per heavy atom. The standard InChI is InChI=1S/C18H17N3O2S/c1-3-20-17(14-5-4-6-16(11-14)21(22)23)12-24-18(20)19-15-9-7-13(2)8-10-15/h4-12H,3H2,1-2H3. The molecule has 122 valence electrons. The van der Waals surface area contributed by atoms with Crippen LogP contribution in [0.15, 0.2) is 58.9 Å². The second kappa shape index (κ2) is 6.80. The number of nitro groups is 1. The fourth-order valence-corrected chi connectivity index (χ4v) is 3.46. The summed E-state index contributed by atoms with van der Waals surface area (Å²) in [7, 11) is 0. The summed E-state index contributed by atoms with van der Waals surface area (Å²) in [5.74, 6) is 0. The Morgan fingerprint density at radius 3 is 2.62 bits per heavy atom. The van der Waals surface area contributed by atoms with Gasteiger partial charge in [-0.3, -0.25) is 10.1 Å². The van der Waals surface area contributed by atoms with E-state index in [1.54, 1.807) is 12.1 Å². The van der Waals surface area contributed by atoms with Crippen LogP contribution in [-0.2, 0) is 6.54 Å². The largest absolute Gasteiger partial charge is 0.317 e. The molecule has 24 heavy (non-hydrogen) atoms. The van der Waals surface area contributed by atoms with Crippen LogP contribution in [0.4, 0.5) is 11.4 Å². The fourth-order valence-electron chi connectivity index (χ4n) is 2.46. The van der Waals surface area contributed by atoms with Crippen LogP contribution in [0, 0.1) is 17.0 Å². The summed E-state index contributed by atoms with van der Waals surface area (Å²) in [6, 6.07) is 14.7. The Balaban J connectivity index is 2.08. The highest BCUT2D eigenvalue weighted by Gasteiger charge is 2.11. The quantitative estimate of drug-likeness (QED) is 0.511. The van der Waals surface area contributed by atoms with Gasteiger partial charge in [0.1, 0.15) is 0 Å². The van der Waals surface area contributed by atoms with E-state index in [0.29, 0.717) is 0 Å². The van der Waals surface area contributed by atoms with Crippen LogP contribution >= 0.6 is 11.3 Å². The van der Waals surface area contributed by atoms with E-state index in [1.165, 1.54) is 23.0 Å². The van der Waals surface area contributed by atoms with Gasteiger partial charge in [-0.25, -0.2) is 4.99 Å². The van der Waals surface area contributed by atoms with Gasteiger partial charge in [0, 0.05) is 29.6 Å². The number of nitro benzene ring substituents is 1. The van der Waals surface area contributed by atoms with Gasteiger partial charge in [-0.05, 0) is 26.0 Å². The minimum atomic E-state index is -0.371. The maximum Gasteiger partial charge on any atom is 0.270 e. The van der Waals surface area contributed by atoms with Crippen molar-refractivity contribution in [1.29, 1.82) is 0 Å². The lowest BCUT2D eigenvalue weighted by molar-refractivity contribution is -0.384. The Bertz CT molecular complexity index is 939. The van der Waals surface area contributed by atoms with Crippen molar-refractivity contribution in [2.45, 2.75) is 20.4 Å². The lowest BCUT2D eigenvalue weighted by Crippen LogP contribution is -2.14. The van der Waals surface area contributed by atoms with Gasteiger partial charge in [0.15, 0.2) is 4.80 Å². The predicted molar refractivity (Wildman–Crippen MR) is 96.5 cm³/mol. The van der Waals surface area contributed by atoms with Crippen LogP contribution in [-0.4, -0.2) is 9.49 Å². The third-order valence-corrected chi connectivity index (χ3v) is 4.59. The number of hydrogen-bond acceptors (Lipinski definition) is 4. The number of thiazole rings is 1. The molecule has 1 heterocycles. The van der Waals surface area contributed by atoms with Crippen LogP contribution in [0.2, 0.25) is 0 Å². The fraction of sp³-hybridized carbons (Fsp3) is 0.167. The Kier molecular flexibility index (Phi) is 4.57. The zero-order valence-corrected chi connectivity index (χ0v) is 14.3. The number of hydrogen-bond donors (Lipinski definition) is 0. The Labute approximate surface area is 143 Å². The van der Waals surface area contributed by atoms with Gasteiger partial charge in [0.25, 0.3) is 5.69 Å². The molecular weight excluding hydrogens is 322 g/mol. The van der Waals surface area contributed by atoms with E-state index in [-0.39, 0.29) is 10.6 Å². The van der Waals surface area contributed by atoms with Gasteiger partial charge in [-0.1, -0.05) is 29.8 Å². The first kappa shape index (κ1) is 16.1. The first-order chi connectivity index (χ1) is 11.6. The second-order valence-corrected chi connectivity index (χ2v) is 6.24. The number of aryl methyl sites for hydroxylation is 1. The third-order valence-electron chi connectivity index (χ3n) is 3.73.